The second kappa shape index (κ2) is 5.91. The van der Waals surface area contributed by atoms with Crippen LogP contribution >= 0.6 is 0 Å². The van der Waals surface area contributed by atoms with Crippen molar-refractivity contribution in [3.8, 4) is 0 Å². The molecule has 0 aromatic heterocycles. The summed E-state index contributed by atoms with van der Waals surface area (Å²) in [5.41, 5.74) is 5.75. The van der Waals surface area contributed by atoms with Crippen LogP contribution in [0.3, 0.4) is 0 Å². The number of likely N-dealkylation sites (N-methyl/N-ethyl adjacent to an activating group) is 1. The van der Waals surface area contributed by atoms with Gasteiger partial charge in [-0.2, -0.15) is 0 Å². The monoisotopic (exact) mass is 210 g/mol. The van der Waals surface area contributed by atoms with Gasteiger partial charge >= 0.3 is 0 Å². The fourth-order valence-electron chi connectivity index (χ4n) is 2.40. The Hall–Kier alpha value is -0.830. The van der Waals surface area contributed by atoms with Crippen LogP contribution in [0, 0.1) is 5.92 Å². The predicted octanol–water partition coefficient (Wildman–Crippen LogP) is 1.54. The van der Waals surface area contributed by atoms with Crippen molar-refractivity contribution in [2.24, 2.45) is 11.7 Å². The van der Waals surface area contributed by atoms with E-state index in [0.29, 0.717) is 18.5 Å². The van der Waals surface area contributed by atoms with Crippen LogP contribution in [0.25, 0.3) is 0 Å². The van der Waals surface area contributed by atoms with Crippen LogP contribution in [-0.4, -0.2) is 30.4 Å². The number of carbonyl (C=O) groups excluding carboxylic acids is 1. The minimum Gasteiger partial charge on any atom is -0.339 e. The molecule has 1 fully saturated rings. The topological polar surface area (TPSA) is 46.3 Å². The molecule has 86 valence electrons. The lowest BCUT2D eigenvalue weighted by molar-refractivity contribution is -0.128. The fraction of sp³-hybridized carbons (Fsp3) is 0.750. The highest BCUT2D eigenvalue weighted by atomic mass is 16.2. The zero-order valence-electron chi connectivity index (χ0n) is 9.78. The number of nitrogens with two attached hydrogens (primary N) is 1. The minimum atomic E-state index is 0.0999. The minimum absolute atomic E-state index is 0.0999. The number of allylic oxidation sites excluding steroid dienone is 1. The molecule has 2 N–H and O–H groups in total. The average molecular weight is 210 g/mol. The third-order valence-corrected chi connectivity index (χ3v) is 3.33. The first kappa shape index (κ1) is 12.2. The van der Waals surface area contributed by atoms with Gasteiger partial charge in [-0.15, -0.1) is 0 Å². The van der Waals surface area contributed by atoms with Crippen LogP contribution in [0.15, 0.2) is 12.2 Å². The largest absolute Gasteiger partial charge is 0.339 e. The Morgan fingerprint density at radius 1 is 1.47 bits per heavy atom. The normalized spacial score (nSPS) is 26.9. The Morgan fingerprint density at radius 3 is 2.73 bits per heavy atom. The summed E-state index contributed by atoms with van der Waals surface area (Å²) >= 11 is 0. The molecule has 3 nitrogen and oxygen atoms in total. The summed E-state index contributed by atoms with van der Waals surface area (Å²) in [5.74, 6) is 0.584. The molecule has 1 aliphatic rings. The smallest absolute Gasteiger partial charge is 0.246 e. The third kappa shape index (κ3) is 3.06. The lowest BCUT2D eigenvalue weighted by atomic mass is 9.83. The zero-order valence-corrected chi connectivity index (χ0v) is 9.78. The molecule has 1 aliphatic carbocycles. The number of hydrogen-bond acceptors (Lipinski definition) is 2. The van der Waals surface area contributed by atoms with Crippen molar-refractivity contribution in [1.29, 1.82) is 0 Å². The summed E-state index contributed by atoms with van der Waals surface area (Å²) in [6.45, 7) is 2.56. The molecule has 0 aromatic rings. The third-order valence-electron chi connectivity index (χ3n) is 3.33. The van der Waals surface area contributed by atoms with E-state index in [0.717, 1.165) is 12.8 Å². The molecule has 2 unspecified atom stereocenters. The standard InChI is InChI=1S/C12H22N2O/c1-3-6-12(15)14(2)11-8-5-4-7-10(11)9-13/h3,6,10-11H,4-5,7-9,13H2,1-2H3. The second-order valence-corrected chi connectivity index (χ2v) is 4.30. The highest BCUT2D eigenvalue weighted by molar-refractivity contribution is 5.87. The zero-order chi connectivity index (χ0) is 11.3. The van der Waals surface area contributed by atoms with Gasteiger partial charge in [-0.3, -0.25) is 4.79 Å². The summed E-state index contributed by atoms with van der Waals surface area (Å²) in [5, 5.41) is 0. The number of nitrogens with zero attached hydrogens (tertiary/aromatic N) is 1. The maximum atomic E-state index is 11.7. The van der Waals surface area contributed by atoms with E-state index in [2.05, 4.69) is 0 Å². The fourth-order valence-corrected chi connectivity index (χ4v) is 2.40. The van der Waals surface area contributed by atoms with Crippen LogP contribution in [0.4, 0.5) is 0 Å². The quantitative estimate of drug-likeness (QED) is 0.718. The van der Waals surface area contributed by atoms with E-state index in [4.69, 9.17) is 5.73 Å². The van der Waals surface area contributed by atoms with E-state index >= 15 is 0 Å². The van der Waals surface area contributed by atoms with Gasteiger partial charge in [0.15, 0.2) is 0 Å². The van der Waals surface area contributed by atoms with Crippen molar-refractivity contribution in [2.75, 3.05) is 13.6 Å². The molecular formula is C12H22N2O. The highest BCUT2D eigenvalue weighted by Gasteiger charge is 2.28. The van der Waals surface area contributed by atoms with Gasteiger partial charge in [0.25, 0.3) is 0 Å². The molecule has 15 heavy (non-hydrogen) atoms. The predicted molar refractivity (Wildman–Crippen MR) is 62.4 cm³/mol. The summed E-state index contributed by atoms with van der Waals surface area (Å²) in [6, 6.07) is 0.340. The van der Waals surface area contributed by atoms with Crippen LogP contribution < -0.4 is 5.73 Å². The molecule has 3 heteroatoms. The van der Waals surface area contributed by atoms with E-state index in [1.54, 1.807) is 12.2 Å². The molecule has 0 heterocycles. The first-order valence-electron chi connectivity index (χ1n) is 5.80. The molecular weight excluding hydrogens is 188 g/mol. The van der Waals surface area contributed by atoms with E-state index in [-0.39, 0.29) is 5.91 Å². The summed E-state index contributed by atoms with van der Waals surface area (Å²) in [4.78, 5) is 13.6. The molecule has 0 aromatic carbocycles. The Morgan fingerprint density at radius 2 is 2.13 bits per heavy atom. The van der Waals surface area contributed by atoms with Gasteiger partial charge in [-0.05, 0) is 38.3 Å². The molecule has 1 amide bonds. The molecule has 0 saturated heterocycles. The number of carbonyl (C=O) groups is 1. The Balaban J connectivity index is 2.62. The van der Waals surface area contributed by atoms with Crippen molar-refractivity contribution < 1.29 is 4.79 Å². The van der Waals surface area contributed by atoms with Gasteiger partial charge in [0.05, 0.1) is 0 Å². The summed E-state index contributed by atoms with van der Waals surface area (Å²) in [6.07, 6.45) is 8.15. The Bertz CT molecular complexity index is 238. The first-order chi connectivity index (χ1) is 7.20. The van der Waals surface area contributed by atoms with Crippen molar-refractivity contribution in [3.63, 3.8) is 0 Å². The van der Waals surface area contributed by atoms with Gasteiger partial charge in [0, 0.05) is 13.1 Å². The van der Waals surface area contributed by atoms with Crippen LogP contribution in [0.2, 0.25) is 0 Å². The molecule has 0 spiro atoms. The van der Waals surface area contributed by atoms with Gasteiger partial charge in [0.2, 0.25) is 5.91 Å². The summed E-state index contributed by atoms with van der Waals surface area (Å²) < 4.78 is 0. The maximum absolute atomic E-state index is 11.7. The van der Waals surface area contributed by atoms with Gasteiger partial charge in [-0.1, -0.05) is 18.9 Å². The van der Waals surface area contributed by atoms with Crippen molar-refractivity contribution >= 4 is 5.91 Å². The molecule has 0 bridgehead atoms. The van der Waals surface area contributed by atoms with Crippen molar-refractivity contribution in [2.45, 2.75) is 38.6 Å². The number of amides is 1. The first-order valence-corrected chi connectivity index (χ1v) is 5.80. The van der Waals surface area contributed by atoms with Crippen LogP contribution in [-0.2, 0) is 4.79 Å². The Kier molecular flexibility index (Phi) is 4.82. The molecule has 2 atom stereocenters. The second-order valence-electron chi connectivity index (χ2n) is 4.30. The Labute approximate surface area is 92.3 Å². The van der Waals surface area contributed by atoms with Crippen molar-refractivity contribution in [3.05, 3.63) is 12.2 Å². The highest BCUT2D eigenvalue weighted by Crippen LogP contribution is 2.27. The van der Waals surface area contributed by atoms with Gasteiger partial charge in [0.1, 0.15) is 0 Å². The molecule has 0 aliphatic heterocycles. The van der Waals surface area contributed by atoms with E-state index in [9.17, 15) is 4.79 Å². The van der Waals surface area contributed by atoms with Gasteiger partial charge < -0.3 is 10.6 Å². The SMILES string of the molecule is CC=CC(=O)N(C)C1CCCCC1CN. The lowest BCUT2D eigenvalue weighted by Crippen LogP contribution is -2.45. The van der Waals surface area contributed by atoms with Crippen LogP contribution in [0.5, 0.6) is 0 Å². The average Bonchev–Trinajstić information content (AvgIpc) is 2.28. The number of hydrogen-bond donors (Lipinski definition) is 1. The molecule has 0 radical (unpaired) electrons. The van der Waals surface area contributed by atoms with E-state index in [1.165, 1.54) is 12.8 Å². The molecule has 1 rings (SSSR count). The number of rotatable bonds is 3. The van der Waals surface area contributed by atoms with Gasteiger partial charge in [-0.25, -0.2) is 0 Å². The maximum Gasteiger partial charge on any atom is 0.246 e. The van der Waals surface area contributed by atoms with Crippen molar-refractivity contribution in [1.82, 2.24) is 4.90 Å². The molecule has 1 saturated carbocycles. The van der Waals surface area contributed by atoms with E-state index < -0.39 is 0 Å². The lowest BCUT2D eigenvalue weighted by Gasteiger charge is -2.37. The van der Waals surface area contributed by atoms with E-state index in [1.807, 2.05) is 18.9 Å². The van der Waals surface area contributed by atoms with Crippen LogP contribution in [0.1, 0.15) is 32.6 Å². The summed E-state index contributed by atoms with van der Waals surface area (Å²) in [7, 11) is 1.89.